The van der Waals surface area contributed by atoms with Crippen LogP contribution in [0.25, 0.3) is 0 Å². The van der Waals surface area contributed by atoms with Gasteiger partial charge in [0.15, 0.2) is 17.3 Å². The second-order valence-electron chi connectivity index (χ2n) is 5.86. The van der Waals surface area contributed by atoms with Gasteiger partial charge in [0.2, 0.25) is 12.6 Å². The van der Waals surface area contributed by atoms with Crippen molar-refractivity contribution in [3.63, 3.8) is 0 Å². The number of para-hydroxylation sites is 1. The third-order valence-electron chi connectivity index (χ3n) is 4.13. The van der Waals surface area contributed by atoms with Gasteiger partial charge in [-0.05, 0) is 29.8 Å². The predicted molar refractivity (Wildman–Crippen MR) is 93.2 cm³/mol. The van der Waals surface area contributed by atoms with Crippen molar-refractivity contribution in [2.24, 2.45) is 5.10 Å². The number of fused-ring (bicyclic) bond motifs is 1. The van der Waals surface area contributed by atoms with E-state index in [1.807, 2.05) is 48.5 Å². The van der Waals surface area contributed by atoms with Crippen molar-refractivity contribution in [2.75, 3.05) is 18.8 Å². The van der Waals surface area contributed by atoms with Crippen molar-refractivity contribution in [2.45, 2.75) is 13.1 Å². The van der Waals surface area contributed by atoms with Crippen LogP contribution in [-0.2, 0) is 4.79 Å². The molecule has 2 aromatic carbocycles. The molecule has 1 atom stereocenters. The smallest absolute Gasteiger partial charge is 0.231 e. The number of hydrazine groups is 1. The molecule has 1 N–H and O–H groups in total. The number of carbonyl (C=O) groups is 1. The van der Waals surface area contributed by atoms with Gasteiger partial charge in [-0.15, -0.1) is 5.10 Å². The Labute approximate surface area is 145 Å². The van der Waals surface area contributed by atoms with E-state index in [1.165, 1.54) is 6.92 Å². The Balaban J connectivity index is 1.78. The highest BCUT2D eigenvalue weighted by Crippen LogP contribution is 2.36. The molecule has 0 amide bonds. The van der Waals surface area contributed by atoms with Crippen LogP contribution < -0.4 is 19.9 Å². The first-order valence-electron chi connectivity index (χ1n) is 7.97. The number of rotatable bonds is 3. The fraction of sp³-hybridized carbons (Fsp3) is 0.222. The van der Waals surface area contributed by atoms with Gasteiger partial charge in [-0.1, -0.05) is 24.3 Å². The molecule has 0 saturated heterocycles. The largest absolute Gasteiger partial charge is 0.454 e. The fourth-order valence-electron chi connectivity index (χ4n) is 2.92. The molecule has 7 heteroatoms. The number of likely N-dealkylation sites (N-methyl/N-ethyl adjacent to an activating group) is 1. The number of anilines is 1. The van der Waals surface area contributed by atoms with E-state index in [4.69, 9.17) is 9.47 Å². The summed E-state index contributed by atoms with van der Waals surface area (Å²) in [5.41, 5.74) is 5.14. The monoisotopic (exact) mass is 338 g/mol. The van der Waals surface area contributed by atoms with Crippen molar-refractivity contribution in [1.29, 1.82) is 0 Å². The molecule has 0 aromatic heterocycles. The van der Waals surface area contributed by atoms with Crippen LogP contribution in [0.15, 0.2) is 53.6 Å². The number of carbonyl (C=O) groups excluding carboxylic acids is 1. The van der Waals surface area contributed by atoms with E-state index in [-0.39, 0.29) is 18.7 Å². The van der Waals surface area contributed by atoms with Crippen LogP contribution in [-0.4, -0.2) is 30.5 Å². The van der Waals surface area contributed by atoms with Crippen LogP contribution in [0.3, 0.4) is 0 Å². The zero-order chi connectivity index (χ0) is 17.4. The number of hydrazone groups is 1. The highest BCUT2D eigenvalue weighted by Gasteiger charge is 2.31. The molecule has 0 radical (unpaired) electrons. The molecule has 2 aromatic rings. The van der Waals surface area contributed by atoms with Crippen LogP contribution in [0.1, 0.15) is 18.7 Å². The Morgan fingerprint density at radius 1 is 1.16 bits per heavy atom. The third-order valence-corrected chi connectivity index (χ3v) is 4.13. The fourth-order valence-corrected chi connectivity index (χ4v) is 2.92. The van der Waals surface area contributed by atoms with Gasteiger partial charge < -0.3 is 9.47 Å². The lowest BCUT2D eigenvalue weighted by molar-refractivity contribution is -0.112. The van der Waals surface area contributed by atoms with Crippen LogP contribution in [0.2, 0.25) is 0 Å². The molecule has 25 heavy (non-hydrogen) atoms. The van der Waals surface area contributed by atoms with E-state index in [0.717, 1.165) is 17.0 Å². The number of Topliss-reactive ketones (excluding diaryl/α,β-unsaturated/α-hetero) is 1. The first kappa shape index (κ1) is 15.5. The maximum absolute atomic E-state index is 11.9. The summed E-state index contributed by atoms with van der Waals surface area (Å²) in [4.78, 5) is 11.9. The maximum Gasteiger partial charge on any atom is 0.231 e. The SMILES string of the molecule is CC(=O)C1=NN(c2ccccc2)[C@H](c2ccc3c(c2)OCO3)NN1C. The lowest BCUT2D eigenvalue weighted by atomic mass is 10.1. The highest BCUT2D eigenvalue weighted by atomic mass is 16.7. The number of nitrogens with one attached hydrogen (secondary N) is 1. The van der Waals surface area contributed by atoms with E-state index in [0.29, 0.717) is 11.6 Å². The summed E-state index contributed by atoms with van der Waals surface area (Å²) in [6, 6.07) is 15.5. The Kier molecular flexibility index (Phi) is 3.77. The molecule has 0 unspecified atom stereocenters. The normalized spacial score (nSPS) is 19.0. The molecule has 2 aliphatic heterocycles. The molecule has 0 fully saturated rings. The minimum atomic E-state index is -0.287. The van der Waals surface area contributed by atoms with Crippen LogP contribution in [0.4, 0.5) is 5.69 Å². The maximum atomic E-state index is 11.9. The highest BCUT2D eigenvalue weighted by molar-refractivity contribution is 6.37. The molecule has 128 valence electrons. The van der Waals surface area contributed by atoms with Crippen LogP contribution in [0, 0.1) is 0 Å². The van der Waals surface area contributed by atoms with Gasteiger partial charge in [-0.2, -0.15) is 0 Å². The van der Waals surface area contributed by atoms with Gasteiger partial charge in [-0.25, -0.2) is 10.4 Å². The van der Waals surface area contributed by atoms with Gasteiger partial charge in [0.05, 0.1) is 5.69 Å². The molecular formula is C18H18N4O3. The van der Waals surface area contributed by atoms with Crippen molar-refractivity contribution in [1.82, 2.24) is 10.4 Å². The van der Waals surface area contributed by atoms with E-state index in [9.17, 15) is 4.79 Å². The van der Waals surface area contributed by atoms with Gasteiger partial charge in [0.25, 0.3) is 0 Å². The Morgan fingerprint density at radius 2 is 1.92 bits per heavy atom. The lowest BCUT2D eigenvalue weighted by Gasteiger charge is -2.39. The zero-order valence-corrected chi connectivity index (χ0v) is 14.0. The number of amidine groups is 1. The quantitative estimate of drug-likeness (QED) is 0.926. The first-order valence-corrected chi connectivity index (χ1v) is 7.97. The molecule has 0 aliphatic carbocycles. The van der Waals surface area contributed by atoms with Crippen molar-refractivity contribution in [3.05, 3.63) is 54.1 Å². The summed E-state index contributed by atoms with van der Waals surface area (Å²) in [6.45, 7) is 1.73. The molecule has 0 spiro atoms. The van der Waals surface area contributed by atoms with Crippen molar-refractivity contribution < 1.29 is 14.3 Å². The van der Waals surface area contributed by atoms with Crippen molar-refractivity contribution >= 4 is 17.3 Å². The predicted octanol–water partition coefficient (Wildman–Crippen LogP) is 2.27. The van der Waals surface area contributed by atoms with Crippen LogP contribution >= 0.6 is 0 Å². The minimum absolute atomic E-state index is 0.111. The average Bonchev–Trinajstić information content (AvgIpc) is 3.09. The summed E-state index contributed by atoms with van der Waals surface area (Å²) >= 11 is 0. The number of hydrogen-bond donors (Lipinski definition) is 1. The number of ketones is 1. The zero-order valence-electron chi connectivity index (χ0n) is 14.0. The molecule has 0 saturated carbocycles. The number of benzene rings is 2. The average molecular weight is 338 g/mol. The minimum Gasteiger partial charge on any atom is -0.454 e. The van der Waals surface area contributed by atoms with Crippen molar-refractivity contribution in [3.8, 4) is 11.5 Å². The second-order valence-corrected chi connectivity index (χ2v) is 5.86. The summed E-state index contributed by atoms with van der Waals surface area (Å²) in [5, 5.41) is 8.03. The Hall–Kier alpha value is -3.06. The van der Waals surface area contributed by atoms with Gasteiger partial charge in [0.1, 0.15) is 6.17 Å². The van der Waals surface area contributed by atoms with E-state index < -0.39 is 0 Å². The number of nitrogens with zero attached hydrogens (tertiary/aromatic N) is 3. The molecule has 2 aliphatic rings. The Morgan fingerprint density at radius 3 is 2.68 bits per heavy atom. The summed E-state index contributed by atoms with van der Waals surface area (Å²) in [7, 11) is 1.78. The number of hydrogen-bond acceptors (Lipinski definition) is 7. The van der Waals surface area contributed by atoms with Gasteiger partial charge in [-0.3, -0.25) is 9.80 Å². The molecule has 7 nitrogen and oxygen atoms in total. The molecule has 2 heterocycles. The van der Waals surface area contributed by atoms with E-state index in [1.54, 1.807) is 17.1 Å². The Bertz CT molecular complexity index is 837. The third kappa shape index (κ3) is 2.78. The molecule has 0 bridgehead atoms. The van der Waals surface area contributed by atoms with E-state index >= 15 is 0 Å². The van der Waals surface area contributed by atoms with Crippen LogP contribution in [0.5, 0.6) is 11.5 Å². The molecule has 4 rings (SSSR count). The summed E-state index contributed by atoms with van der Waals surface area (Å²) < 4.78 is 10.9. The topological polar surface area (TPSA) is 66.4 Å². The van der Waals surface area contributed by atoms with E-state index in [2.05, 4.69) is 10.5 Å². The van der Waals surface area contributed by atoms with Gasteiger partial charge in [0, 0.05) is 14.0 Å². The standard InChI is InChI=1S/C18H18N4O3/c1-12(23)17-20-22(14-6-4-3-5-7-14)18(19-21(17)2)13-8-9-15-16(10-13)25-11-24-15/h3-10,18-19H,11H2,1-2H3/t18-/m1/s1. The number of ether oxygens (including phenoxy) is 2. The first-order chi connectivity index (χ1) is 12.1. The second kappa shape index (κ2) is 6.10. The summed E-state index contributed by atoms with van der Waals surface area (Å²) in [6.07, 6.45) is -0.287. The lowest BCUT2D eigenvalue weighted by Crippen LogP contribution is -2.54. The van der Waals surface area contributed by atoms with Gasteiger partial charge >= 0.3 is 0 Å². The summed E-state index contributed by atoms with van der Waals surface area (Å²) in [5.74, 6) is 1.67. The molecular weight excluding hydrogens is 320 g/mol.